The maximum absolute atomic E-state index is 13.0. The number of rotatable bonds is 3. The molecule has 2 aromatic heterocycles. The number of hydrogen-bond acceptors (Lipinski definition) is 6. The van der Waals surface area contributed by atoms with Crippen LogP contribution in [0.5, 0.6) is 0 Å². The number of aryl methyl sites for hydroxylation is 1. The lowest BCUT2D eigenvalue weighted by atomic mass is 10.1. The fraction of sp³-hybridized carbons (Fsp3) is 0.400. The summed E-state index contributed by atoms with van der Waals surface area (Å²) in [5.41, 5.74) is 0.0394. The Bertz CT molecular complexity index is 1370. The number of carbonyl (C=O) groups is 1. The van der Waals surface area contributed by atoms with E-state index in [4.69, 9.17) is 0 Å². The lowest BCUT2D eigenvalue weighted by Gasteiger charge is -2.20. The van der Waals surface area contributed by atoms with Crippen molar-refractivity contribution in [3.05, 3.63) is 63.1 Å². The van der Waals surface area contributed by atoms with Gasteiger partial charge in [0.05, 0.1) is 17.3 Å². The van der Waals surface area contributed by atoms with Gasteiger partial charge in [0.25, 0.3) is 5.56 Å². The first kappa shape index (κ1) is 21.0. The summed E-state index contributed by atoms with van der Waals surface area (Å²) in [7, 11) is -0.529. The molecule has 1 atom stereocenters. The quantitative estimate of drug-likeness (QED) is 0.552. The van der Waals surface area contributed by atoms with E-state index in [1.807, 2.05) is 6.07 Å². The molecule has 0 aliphatic carbocycles. The zero-order valence-electron chi connectivity index (χ0n) is 17.3. The number of aromatic nitrogens is 4. The number of benzene rings is 1. The molecule has 3 heterocycles. The predicted octanol–water partition coefficient (Wildman–Crippen LogP) is -0.178. The van der Waals surface area contributed by atoms with Crippen LogP contribution in [0, 0.1) is 0 Å². The molecule has 0 bridgehead atoms. The van der Waals surface area contributed by atoms with E-state index in [2.05, 4.69) is 4.98 Å². The lowest BCUT2D eigenvalue weighted by molar-refractivity contribution is -0.131. The summed E-state index contributed by atoms with van der Waals surface area (Å²) in [6, 6.07) is 9.01. The third-order valence-electron chi connectivity index (χ3n) is 5.79. The van der Waals surface area contributed by atoms with E-state index >= 15 is 0 Å². The Morgan fingerprint density at radius 3 is 2.52 bits per heavy atom. The zero-order chi connectivity index (χ0) is 22.3. The Balaban J connectivity index is 1.59. The molecule has 10 nitrogen and oxygen atoms in total. The molecular formula is C20H23N5O5S. The molecule has 1 saturated heterocycles. The second kappa shape index (κ2) is 7.80. The van der Waals surface area contributed by atoms with Crippen LogP contribution < -0.4 is 11.2 Å². The van der Waals surface area contributed by atoms with Crippen molar-refractivity contribution >= 4 is 26.9 Å². The molecule has 11 heteroatoms. The second-order valence-corrected chi connectivity index (χ2v) is 9.99. The maximum atomic E-state index is 13.0. The van der Waals surface area contributed by atoms with Crippen LogP contribution in [-0.2, 0) is 35.3 Å². The van der Waals surface area contributed by atoms with Gasteiger partial charge < -0.3 is 9.47 Å². The Labute approximate surface area is 178 Å². The van der Waals surface area contributed by atoms with Crippen molar-refractivity contribution in [3.63, 3.8) is 0 Å². The van der Waals surface area contributed by atoms with Crippen molar-refractivity contribution in [2.24, 2.45) is 14.1 Å². The SMILES string of the molecule is Cn1c(=O)c2c(ncn2CC(=O)N2CCC(c3ccccc3)S(=O)(=O)CC2)n(C)c1=O. The van der Waals surface area contributed by atoms with Gasteiger partial charge in [0.2, 0.25) is 5.91 Å². The molecule has 0 radical (unpaired) electrons. The van der Waals surface area contributed by atoms with Crippen LogP contribution in [0.3, 0.4) is 0 Å². The summed E-state index contributed by atoms with van der Waals surface area (Å²) >= 11 is 0. The molecule has 3 aromatic rings. The summed E-state index contributed by atoms with van der Waals surface area (Å²) in [4.78, 5) is 43.2. The highest BCUT2D eigenvalue weighted by molar-refractivity contribution is 7.91. The van der Waals surface area contributed by atoms with Crippen molar-refractivity contribution in [3.8, 4) is 0 Å². The summed E-state index contributed by atoms with van der Waals surface area (Å²) in [6.07, 6.45) is 1.66. The van der Waals surface area contributed by atoms with Gasteiger partial charge in [-0.2, -0.15) is 0 Å². The van der Waals surface area contributed by atoms with E-state index in [0.29, 0.717) is 13.0 Å². The van der Waals surface area contributed by atoms with Crippen molar-refractivity contribution in [1.29, 1.82) is 0 Å². The van der Waals surface area contributed by atoms with Crippen molar-refractivity contribution in [2.45, 2.75) is 18.2 Å². The van der Waals surface area contributed by atoms with Crippen molar-refractivity contribution < 1.29 is 13.2 Å². The van der Waals surface area contributed by atoms with Gasteiger partial charge in [-0.25, -0.2) is 18.2 Å². The van der Waals surface area contributed by atoms with E-state index in [0.717, 1.165) is 10.1 Å². The minimum atomic E-state index is -3.40. The van der Waals surface area contributed by atoms with Gasteiger partial charge in [0.15, 0.2) is 21.0 Å². The Morgan fingerprint density at radius 1 is 1.10 bits per heavy atom. The van der Waals surface area contributed by atoms with Gasteiger partial charge >= 0.3 is 5.69 Å². The smallest absolute Gasteiger partial charge is 0.332 e. The molecule has 0 spiro atoms. The molecule has 0 N–H and O–H groups in total. The Hall–Kier alpha value is -3.21. The molecule has 31 heavy (non-hydrogen) atoms. The summed E-state index contributed by atoms with van der Waals surface area (Å²) in [5.74, 6) is -0.432. The summed E-state index contributed by atoms with van der Waals surface area (Å²) in [5, 5.41) is -0.651. The monoisotopic (exact) mass is 445 g/mol. The number of imidazole rings is 1. The number of amides is 1. The Kier molecular flexibility index (Phi) is 5.29. The third-order valence-corrected chi connectivity index (χ3v) is 7.91. The van der Waals surface area contributed by atoms with Crippen molar-refractivity contribution in [2.75, 3.05) is 18.8 Å². The van der Waals surface area contributed by atoms with Crippen LogP contribution in [0.2, 0.25) is 0 Å². The van der Waals surface area contributed by atoms with Crippen molar-refractivity contribution in [1.82, 2.24) is 23.6 Å². The van der Waals surface area contributed by atoms with Gasteiger partial charge in [-0.1, -0.05) is 30.3 Å². The number of hydrogen-bond donors (Lipinski definition) is 0. The third kappa shape index (κ3) is 3.69. The van der Waals surface area contributed by atoms with Gasteiger partial charge in [-0.05, 0) is 12.0 Å². The normalized spacial score (nSPS) is 18.8. The van der Waals surface area contributed by atoms with Gasteiger partial charge in [-0.3, -0.25) is 18.7 Å². The van der Waals surface area contributed by atoms with Crippen LogP contribution in [0.1, 0.15) is 17.2 Å². The fourth-order valence-corrected chi connectivity index (χ4v) is 5.79. The van der Waals surface area contributed by atoms with E-state index < -0.39 is 26.3 Å². The fourth-order valence-electron chi connectivity index (χ4n) is 4.00. The molecule has 4 rings (SSSR count). The molecule has 1 amide bonds. The first-order chi connectivity index (χ1) is 14.7. The lowest BCUT2D eigenvalue weighted by Crippen LogP contribution is -2.39. The maximum Gasteiger partial charge on any atom is 0.332 e. The van der Waals surface area contributed by atoms with E-state index in [-0.39, 0.29) is 35.9 Å². The second-order valence-electron chi connectivity index (χ2n) is 7.69. The predicted molar refractivity (Wildman–Crippen MR) is 114 cm³/mol. The molecule has 1 aromatic carbocycles. The minimum absolute atomic E-state index is 0.0909. The minimum Gasteiger partial charge on any atom is -0.340 e. The number of nitrogens with zero attached hydrogens (tertiary/aromatic N) is 5. The molecule has 1 aliphatic rings. The first-order valence-electron chi connectivity index (χ1n) is 9.86. The van der Waals surface area contributed by atoms with Gasteiger partial charge in [-0.15, -0.1) is 0 Å². The van der Waals surface area contributed by atoms with E-state index in [9.17, 15) is 22.8 Å². The summed E-state index contributed by atoms with van der Waals surface area (Å²) in [6.45, 7) is 0.217. The average molecular weight is 446 g/mol. The van der Waals surface area contributed by atoms with Crippen LogP contribution in [0.15, 0.2) is 46.2 Å². The van der Waals surface area contributed by atoms with Gasteiger partial charge in [0, 0.05) is 27.2 Å². The topological polar surface area (TPSA) is 116 Å². The van der Waals surface area contributed by atoms with Crippen LogP contribution >= 0.6 is 0 Å². The first-order valence-corrected chi connectivity index (χ1v) is 11.6. The van der Waals surface area contributed by atoms with Crippen LogP contribution in [0.4, 0.5) is 0 Å². The summed E-state index contributed by atoms with van der Waals surface area (Å²) < 4.78 is 29.2. The highest BCUT2D eigenvalue weighted by Gasteiger charge is 2.32. The Morgan fingerprint density at radius 2 is 1.81 bits per heavy atom. The van der Waals surface area contributed by atoms with Crippen LogP contribution in [-0.4, -0.2) is 56.8 Å². The number of carbonyl (C=O) groups excluding carboxylic acids is 1. The number of fused-ring (bicyclic) bond motifs is 1. The molecule has 1 unspecified atom stereocenters. The molecule has 164 valence electrons. The van der Waals surface area contributed by atoms with Crippen LogP contribution in [0.25, 0.3) is 11.2 Å². The number of sulfone groups is 1. The van der Waals surface area contributed by atoms with E-state index in [1.165, 1.54) is 34.5 Å². The highest BCUT2D eigenvalue weighted by atomic mass is 32.2. The molecule has 0 saturated carbocycles. The standard InChI is InChI=1S/C20H23N5O5S/c1-22-18-17(19(27)23(2)20(22)28)25(13-21-18)12-16(26)24-9-8-15(31(29,30)11-10-24)14-6-4-3-5-7-14/h3-7,13,15H,8-12H2,1-2H3. The largest absolute Gasteiger partial charge is 0.340 e. The highest BCUT2D eigenvalue weighted by Crippen LogP contribution is 2.29. The molecule has 1 aliphatic heterocycles. The molecular weight excluding hydrogens is 422 g/mol. The van der Waals surface area contributed by atoms with Gasteiger partial charge in [0.1, 0.15) is 6.54 Å². The zero-order valence-corrected chi connectivity index (χ0v) is 18.1. The molecule has 1 fully saturated rings. The van der Waals surface area contributed by atoms with E-state index in [1.54, 1.807) is 24.3 Å². The average Bonchev–Trinajstić information content (AvgIpc) is 3.09.